The van der Waals surface area contributed by atoms with Crippen LogP contribution in [0.5, 0.6) is 0 Å². The molecule has 1 aromatic carbocycles. The highest BCUT2D eigenvalue weighted by molar-refractivity contribution is 6.09. The molecule has 0 unspecified atom stereocenters. The highest BCUT2D eigenvalue weighted by atomic mass is 16.5. The fourth-order valence-corrected chi connectivity index (χ4v) is 3.90. The van der Waals surface area contributed by atoms with Crippen molar-refractivity contribution in [2.24, 2.45) is 0 Å². The lowest BCUT2D eigenvalue weighted by atomic mass is 9.98. The third-order valence-corrected chi connectivity index (χ3v) is 5.51. The molecule has 1 saturated carbocycles. The van der Waals surface area contributed by atoms with E-state index in [9.17, 15) is 19.2 Å². The van der Waals surface area contributed by atoms with Crippen molar-refractivity contribution in [1.82, 2.24) is 10.2 Å². The minimum absolute atomic E-state index is 0.215. The number of carbonyl (C=O) groups excluding carboxylic acids is 4. The molecule has 1 spiro atoms. The second kappa shape index (κ2) is 8.23. The molecule has 4 amide bonds. The Hall–Kier alpha value is -2.90. The van der Waals surface area contributed by atoms with Crippen LogP contribution in [0.3, 0.4) is 0 Å². The van der Waals surface area contributed by atoms with E-state index in [0.29, 0.717) is 18.5 Å². The topological polar surface area (TPSA) is 105 Å². The fourth-order valence-electron chi connectivity index (χ4n) is 3.90. The van der Waals surface area contributed by atoms with Crippen molar-refractivity contribution in [2.45, 2.75) is 64.0 Å². The Morgan fingerprint density at radius 3 is 2.48 bits per heavy atom. The van der Waals surface area contributed by atoms with Crippen LogP contribution in [0.1, 0.15) is 57.9 Å². The number of carbonyl (C=O) groups is 4. The van der Waals surface area contributed by atoms with Crippen LogP contribution < -0.4 is 10.6 Å². The Labute approximate surface area is 170 Å². The molecule has 29 heavy (non-hydrogen) atoms. The van der Waals surface area contributed by atoms with Crippen LogP contribution in [0.15, 0.2) is 24.3 Å². The van der Waals surface area contributed by atoms with Gasteiger partial charge in [0.05, 0.1) is 0 Å². The number of amides is 4. The second-order valence-electron chi connectivity index (χ2n) is 7.97. The zero-order chi connectivity index (χ0) is 21.2. The number of nitrogens with one attached hydrogen (secondary N) is 2. The Morgan fingerprint density at radius 1 is 1.17 bits per heavy atom. The maximum atomic E-state index is 12.6. The van der Waals surface area contributed by atoms with Gasteiger partial charge in [0.25, 0.3) is 11.8 Å². The second-order valence-corrected chi connectivity index (χ2v) is 7.97. The number of urea groups is 1. The van der Waals surface area contributed by atoms with E-state index in [1.807, 2.05) is 32.0 Å². The van der Waals surface area contributed by atoms with Crippen LogP contribution >= 0.6 is 0 Å². The molecule has 2 aliphatic rings. The van der Waals surface area contributed by atoms with Crippen LogP contribution in [0, 0.1) is 0 Å². The summed E-state index contributed by atoms with van der Waals surface area (Å²) in [6, 6.07) is 6.83. The van der Waals surface area contributed by atoms with Gasteiger partial charge in [-0.15, -0.1) is 0 Å². The van der Waals surface area contributed by atoms with Crippen molar-refractivity contribution in [2.75, 3.05) is 11.9 Å². The van der Waals surface area contributed by atoms with Gasteiger partial charge in [-0.05, 0) is 37.3 Å². The van der Waals surface area contributed by atoms with E-state index in [2.05, 4.69) is 10.6 Å². The number of para-hydroxylation sites is 1. The summed E-state index contributed by atoms with van der Waals surface area (Å²) in [7, 11) is 0. The first-order chi connectivity index (χ1) is 13.7. The first-order valence-electron chi connectivity index (χ1n) is 9.97. The lowest BCUT2D eigenvalue weighted by molar-refractivity contribution is -0.155. The standard InChI is InChI=1S/C21H27N3O5/c1-13(2)15-8-4-5-9-16(15)22-18(26)14(3)29-17(25)12-24-19(27)21(23-20(24)28)10-6-7-11-21/h4-5,8-9,13-14H,6-7,10-12H2,1-3H3,(H,22,26)(H,23,28)/t14-/m1/s1. The summed E-state index contributed by atoms with van der Waals surface area (Å²) >= 11 is 0. The molecule has 1 saturated heterocycles. The molecule has 3 rings (SSSR count). The van der Waals surface area contributed by atoms with Crippen LogP contribution in [0.25, 0.3) is 0 Å². The van der Waals surface area contributed by atoms with Gasteiger partial charge in [0.15, 0.2) is 6.10 Å². The average molecular weight is 401 g/mol. The summed E-state index contributed by atoms with van der Waals surface area (Å²) in [5.41, 5.74) is 0.759. The van der Waals surface area contributed by atoms with Crippen molar-refractivity contribution in [3.8, 4) is 0 Å². The number of hydrogen-bond donors (Lipinski definition) is 2. The lowest BCUT2D eigenvalue weighted by Gasteiger charge is -2.20. The molecule has 0 bridgehead atoms. The highest BCUT2D eigenvalue weighted by Gasteiger charge is 2.52. The fraction of sp³-hybridized carbons (Fsp3) is 0.524. The molecule has 8 heteroatoms. The summed E-state index contributed by atoms with van der Waals surface area (Å²) in [6.45, 7) is 4.98. The van der Waals surface area contributed by atoms with E-state index in [-0.39, 0.29) is 11.8 Å². The van der Waals surface area contributed by atoms with Gasteiger partial charge in [-0.3, -0.25) is 19.3 Å². The number of anilines is 1. The molecular weight excluding hydrogens is 374 g/mol. The molecule has 1 aliphatic carbocycles. The van der Waals surface area contributed by atoms with Gasteiger partial charge in [0.1, 0.15) is 12.1 Å². The van der Waals surface area contributed by atoms with Crippen LogP contribution in [0.4, 0.5) is 10.5 Å². The van der Waals surface area contributed by atoms with Crippen LogP contribution in [0.2, 0.25) is 0 Å². The maximum absolute atomic E-state index is 12.6. The van der Waals surface area contributed by atoms with Crippen molar-refractivity contribution < 1.29 is 23.9 Å². The highest BCUT2D eigenvalue weighted by Crippen LogP contribution is 2.35. The van der Waals surface area contributed by atoms with E-state index < -0.39 is 36.1 Å². The molecule has 1 atom stereocenters. The van der Waals surface area contributed by atoms with E-state index in [0.717, 1.165) is 23.3 Å². The summed E-state index contributed by atoms with van der Waals surface area (Å²) in [4.78, 5) is 50.3. The number of nitrogens with zero attached hydrogens (tertiary/aromatic N) is 1. The largest absolute Gasteiger partial charge is 0.451 e. The minimum Gasteiger partial charge on any atom is -0.451 e. The molecule has 8 nitrogen and oxygen atoms in total. The third-order valence-electron chi connectivity index (χ3n) is 5.51. The Balaban J connectivity index is 1.57. The smallest absolute Gasteiger partial charge is 0.327 e. The van der Waals surface area contributed by atoms with Crippen LogP contribution in [-0.4, -0.2) is 46.9 Å². The molecule has 1 aromatic rings. The number of benzene rings is 1. The van der Waals surface area contributed by atoms with Gasteiger partial charge >= 0.3 is 12.0 Å². The zero-order valence-electron chi connectivity index (χ0n) is 17.0. The summed E-state index contributed by atoms with van der Waals surface area (Å²) < 4.78 is 5.17. The average Bonchev–Trinajstić information content (AvgIpc) is 3.22. The van der Waals surface area contributed by atoms with Gasteiger partial charge in [-0.1, -0.05) is 44.9 Å². The molecule has 1 aliphatic heterocycles. The Kier molecular flexibility index (Phi) is 5.91. The molecule has 2 N–H and O–H groups in total. The van der Waals surface area contributed by atoms with Gasteiger partial charge in [0.2, 0.25) is 0 Å². The number of rotatable bonds is 6. The van der Waals surface area contributed by atoms with Gasteiger partial charge in [-0.25, -0.2) is 4.79 Å². The normalized spacial score (nSPS) is 18.8. The van der Waals surface area contributed by atoms with E-state index in [1.165, 1.54) is 6.92 Å². The van der Waals surface area contributed by atoms with Crippen molar-refractivity contribution in [3.63, 3.8) is 0 Å². The monoisotopic (exact) mass is 401 g/mol. The summed E-state index contributed by atoms with van der Waals surface area (Å²) in [5.74, 6) is -1.45. The molecule has 1 heterocycles. The molecule has 0 aromatic heterocycles. The van der Waals surface area contributed by atoms with Gasteiger partial charge in [-0.2, -0.15) is 0 Å². The van der Waals surface area contributed by atoms with E-state index in [4.69, 9.17) is 4.74 Å². The van der Waals surface area contributed by atoms with E-state index in [1.54, 1.807) is 6.07 Å². The maximum Gasteiger partial charge on any atom is 0.327 e. The number of imide groups is 1. The number of ether oxygens (including phenoxy) is 1. The predicted octanol–water partition coefficient (Wildman–Crippen LogP) is 2.54. The summed E-state index contributed by atoms with van der Waals surface area (Å²) in [5, 5.41) is 5.48. The Morgan fingerprint density at radius 2 is 1.83 bits per heavy atom. The predicted molar refractivity (Wildman–Crippen MR) is 106 cm³/mol. The molecular formula is C21H27N3O5. The molecule has 2 fully saturated rings. The first-order valence-corrected chi connectivity index (χ1v) is 9.97. The zero-order valence-corrected chi connectivity index (χ0v) is 17.0. The van der Waals surface area contributed by atoms with Gasteiger partial charge in [0, 0.05) is 5.69 Å². The van der Waals surface area contributed by atoms with Gasteiger partial charge < -0.3 is 15.4 Å². The molecule has 0 radical (unpaired) electrons. The van der Waals surface area contributed by atoms with Crippen molar-refractivity contribution in [3.05, 3.63) is 29.8 Å². The number of hydrogen-bond acceptors (Lipinski definition) is 5. The minimum atomic E-state index is -1.07. The van der Waals surface area contributed by atoms with Crippen molar-refractivity contribution >= 4 is 29.5 Å². The number of esters is 1. The SMILES string of the molecule is CC(C)c1ccccc1NC(=O)[C@@H](C)OC(=O)CN1C(=O)NC2(CCCC2)C1=O. The summed E-state index contributed by atoms with van der Waals surface area (Å²) in [6.07, 6.45) is 1.82. The first kappa shape index (κ1) is 20.8. The van der Waals surface area contributed by atoms with E-state index >= 15 is 0 Å². The van der Waals surface area contributed by atoms with Crippen LogP contribution in [-0.2, 0) is 19.1 Å². The lowest BCUT2D eigenvalue weighted by Crippen LogP contribution is -2.44. The Bertz CT molecular complexity index is 829. The third kappa shape index (κ3) is 4.26. The van der Waals surface area contributed by atoms with Crippen molar-refractivity contribution in [1.29, 1.82) is 0 Å². The molecule has 156 valence electrons. The quantitative estimate of drug-likeness (QED) is 0.563.